The van der Waals surface area contributed by atoms with E-state index in [4.69, 9.17) is 5.73 Å². The number of nitrogens with two attached hydrogens (primary N) is 1. The van der Waals surface area contributed by atoms with Crippen LogP contribution in [-0.4, -0.2) is 54.2 Å². The Morgan fingerprint density at radius 3 is 2.47 bits per heavy atom. The standard InChI is InChI=1S/C26H29F2N5O2S/c27-17-12-16(13-18(28)14-17)23(35)24-25(29)32-26(36-24)31-19-3-5-20(6-4-19)33(11-1-2-22(34)15-33)21-7-9-30-10-8-21/h3-6,12-14,21-22,30,34H,1-2,7-11,15H2,(H2-,29,31,32,35)/p+1. The summed E-state index contributed by atoms with van der Waals surface area (Å²) in [6.07, 6.45) is 3.70. The lowest BCUT2D eigenvalue weighted by atomic mass is 9.94. The monoisotopic (exact) mass is 514 g/mol. The number of hydrogen-bond acceptors (Lipinski definition) is 7. The van der Waals surface area contributed by atoms with E-state index in [0.29, 0.717) is 17.2 Å². The molecule has 0 amide bonds. The Bertz CT molecular complexity index is 1230. The molecule has 2 aromatic carbocycles. The minimum Gasteiger partial charge on any atom is -0.387 e. The lowest BCUT2D eigenvalue weighted by molar-refractivity contribution is 0.0418. The number of carbonyl (C=O) groups excluding carboxylic acids is 1. The first kappa shape index (κ1) is 24.8. The summed E-state index contributed by atoms with van der Waals surface area (Å²) in [5, 5.41) is 17.6. The summed E-state index contributed by atoms with van der Waals surface area (Å²) >= 11 is 1.04. The molecule has 0 saturated carbocycles. The molecule has 2 atom stereocenters. The van der Waals surface area contributed by atoms with Gasteiger partial charge in [0.15, 0.2) is 5.13 Å². The number of benzene rings is 2. The van der Waals surface area contributed by atoms with Gasteiger partial charge in [-0.05, 0) is 37.1 Å². The van der Waals surface area contributed by atoms with Crippen molar-refractivity contribution in [1.29, 1.82) is 0 Å². The summed E-state index contributed by atoms with van der Waals surface area (Å²) < 4.78 is 27.9. The van der Waals surface area contributed by atoms with Gasteiger partial charge in [0.25, 0.3) is 0 Å². The van der Waals surface area contributed by atoms with Crippen molar-refractivity contribution in [3.05, 3.63) is 64.5 Å². The van der Waals surface area contributed by atoms with Crippen LogP contribution in [0.2, 0.25) is 0 Å². The molecule has 2 aliphatic heterocycles. The van der Waals surface area contributed by atoms with Crippen LogP contribution in [0.3, 0.4) is 0 Å². The van der Waals surface area contributed by atoms with Gasteiger partial charge in [-0.15, -0.1) is 0 Å². The number of ketones is 1. The van der Waals surface area contributed by atoms with E-state index >= 15 is 0 Å². The Labute approximate surface area is 212 Å². The van der Waals surface area contributed by atoms with Crippen LogP contribution in [0.25, 0.3) is 0 Å². The Morgan fingerprint density at radius 2 is 1.81 bits per heavy atom. The molecule has 0 radical (unpaired) electrons. The minimum absolute atomic E-state index is 0.00603. The van der Waals surface area contributed by atoms with E-state index in [0.717, 1.165) is 85.5 Å². The number of aliphatic hydroxyl groups is 1. The molecule has 0 aliphatic carbocycles. The van der Waals surface area contributed by atoms with Gasteiger partial charge in [-0.2, -0.15) is 0 Å². The maximum atomic E-state index is 13.6. The number of nitrogens with zero attached hydrogens (tertiary/aromatic N) is 2. The lowest BCUT2D eigenvalue weighted by Gasteiger charge is -2.49. The van der Waals surface area contributed by atoms with Crippen molar-refractivity contribution in [3.8, 4) is 0 Å². The first-order chi connectivity index (χ1) is 17.3. The number of halogens is 2. The number of piperidine rings is 2. The molecule has 2 unspecified atom stereocenters. The summed E-state index contributed by atoms with van der Waals surface area (Å²) in [4.78, 5) is 17.1. The number of nitrogens with one attached hydrogen (secondary N) is 2. The summed E-state index contributed by atoms with van der Waals surface area (Å²) in [5.74, 6) is -2.23. The number of aromatic nitrogens is 1. The predicted molar refractivity (Wildman–Crippen MR) is 139 cm³/mol. The number of likely N-dealkylation sites (tertiary alicyclic amines) is 1. The van der Waals surface area contributed by atoms with Crippen molar-refractivity contribution >= 4 is 39.4 Å². The highest BCUT2D eigenvalue weighted by Gasteiger charge is 2.43. The fraction of sp³-hybridized carbons (Fsp3) is 0.385. The van der Waals surface area contributed by atoms with Gasteiger partial charge in [0.05, 0.1) is 12.6 Å². The summed E-state index contributed by atoms with van der Waals surface area (Å²) in [6.45, 7) is 3.74. The second-order valence-electron chi connectivity index (χ2n) is 9.61. The van der Waals surface area contributed by atoms with E-state index in [9.17, 15) is 18.7 Å². The van der Waals surface area contributed by atoms with E-state index in [1.807, 2.05) is 12.1 Å². The van der Waals surface area contributed by atoms with E-state index in [2.05, 4.69) is 27.8 Å². The Kier molecular flexibility index (Phi) is 7.03. The number of nitrogen functional groups attached to an aromatic ring is 1. The van der Waals surface area contributed by atoms with Gasteiger partial charge in [-0.3, -0.25) is 9.28 Å². The first-order valence-electron chi connectivity index (χ1n) is 12.2. The van der Waals surface area contributed by atoms with Crippen LogP contribution < -0.4 is 20.9 Å². The average Bonchev–Trinajstić information content (AvgIpc) is 3.23. The highest BCUT2D eigenvalue weighted by atomic mass is 32.1. The van der Waals surface area contributed by atoms with Crippen molar-refractivity contribution in [3.63, 3.8) is 0 Å². The number of anilines is 3. The number of aliphatic hydroxyl groups excluding tert-OH is 1. The molecule has 5 N–H and O–H groups in total. The van der Waals surface area contributed by atoms with Crippen LogP contribution in [0.1, 0.15) is 40.9 Å². The zero-order valence-electron chi connectivity index (χ0n) is 19.8. The summed E-state index contributed by atoms with van der Waals surface area (Å²) in [7, 11) is 0. The molecule has 2 fully saturated rings. The number of thiazole rings is 1. The second kappa shape index (κ2) is 10.2. The van der Waals surface area contributed by atoms with Crippen LogP contribution in [0, 0.1) is 11.6 Å². The molecule has 5 rings (SSSR count). The molecule has 2 saturated heterocycles. The molecule has 3 heterocycles. The Balaban J connectivity index is 1.36. The van der Waals surface area contributed by atoms with Crippen molar-refractivity contribution < 1.29 is 18.7 Å². The Hall–Kier alpha value is -2.92. The van der Waals surface area contributed by atoms with Gasteiger partial charge in [-0.25, -0.2) is 13.8 Å². The average molecular weight is 515 g/mol. The fourth-order valence-electron chi connectivity index (χ4n) is 5.57. The zero-order valence-corrected chi connectivity index (χ0v) is 20.7. The van der Waals surface area contributed by atoms with Crippen molar-refractivity contribution in [1.82, 2.24) is 14.8 Å². The highest BCUT2D eigenvalue weighted by Crippen LogP contribution is 2.37. The van der Waals surface area contributed by atoms with Gasteiger partial charge in [0.2, 0.25) is 5.78 Å². The fourth-order valence-corrected chi connectivity index (χ4v) is 6.44. The maximum absolute atomic E-state index is 13.6. The molecule has 10 heteroatoms. The van der Waals surface area contributed by atoms with E-state index in [1.165, 1.54) is 5.69 Å². The molecular formula is C26H30F2N5O2S+. The SMILES string of the molecule is Nc1nc(Nc2ccc([N+]3(C4CCNCC4)CCCC(O)C3)cc2)sc1C(=O)c1cc(F)cc(F)c1. The lowest BCUT2D eigenvalue weighted by Crippen LogP contribution is -2.64. The molecule has 1 aromatic heterocycles. The summed E-state index contributed by atoms with van der Waals surface area (Å²) in [5.41, 5.74) is 7.82. The zero-order chi connectivity index (χ0) is 25.3. The van der Waals surface area contributed by atoms with Crippen LogP contribution in [0.5, 0.6) is 0 Å². The molecule has 0 spiro atoms. The predicted octanol–water partition coefficient (Wildman–Crippen LogP) is 4.19. The molecule has 2 aliphatic rings. The molecular weight excluding hydrogens is 484 g/mol. The van der Waals surface area contributed by atoms with Crippen LogP contribution in [0.4, 0.5) is 31.1 Å². The quantitative estimate of drug-likeness (QED) is 0.291. The van der Waals surface area contributed by atoms with E-state index in [1.54, 1.807) is 0 Å². The number of quaternary nitrogens is 1. The van der Waals surface area contributed by atoms with Crippen molar-refractivity contribution in [2.45, 2.75) is 37.8 Å². The third-order valence-corrected chi connectivity index (χ3v) is 8.24. The number of carbonyl (C=O) groups is 1. The van der Waals surface area contributed by atoms with E-state index in [-0.39, 0.29) is 22.4 Å². The van der Waals surface area contributed by atoms with Gasteiger partial charge < -0.3 is 21.5 Å². The molecule has 7 nitrogen and oxygen atoms in total. The minimum atomic E-state index is -0.828. The van der Waals surface area contributed by atoms with Gasteiger partial charge in [0, 0.05) is 55.4 Å². The molecule has 190 valence electrons. The topological polar surface area (TPSA) is 100 Å². The van der Waals surface area contributed by atoms with Crippen LogP contribution in [0.15, 0.2) is 42.5 Å². The van der Waals surface area contributed by atoms with Gasteiger partial charge >= 0.3 is 0 Å². The molecule has 3 aromatic rings. The van der Waals surface area contributed by atoms with Gasteiger partial charge in [0.1, 0.15) is 40.7 Å². The Morgan fingerprint density at radius 1 is 1.11 bits per heavy atom. The third kappa shape index (κ3) is 4.99. The number of hydrogen-bond donors (Lipinski definition) is 4. The van der Waals surface area contributed by atoms with E-state index < -0.39 is 17.4 Å². The first-order valence-corrected chi connectivity index (χ1v) is 13.1. The number of rotatable bonds is 6. The maximum Gasteiger partial charge on any atom is 0.207 e. The molecule has 0 bridgehead atoms. The van der Waals surface area contributed by atoms with Gasteiger partial charge in [-0.1, -0.05) is 11.3 Å². The largest absolute Gasteiger partial charge is 0.387 e. The molecule has 36 heavy (non-hydrogen) atoms. The highest BCUT2D eigenvalue weighted by molar-refractivity contribution is 7.18. The smallest absolute Gasteiger partial charge is 0.207 e. The normalized spacial score (nSPS) is 22.9. The van der Waals surface area contributed by atoms with Crippen molar-refractivity contribution in [2.24, 2.45) is 0 Å². The summed E-state index contributed by atoms with van der Waals surface area (Å²) in [6, 6.07) is 11.3. The second-order valence-corrected chi connectivity index (χ2v) is 10.6. The van der Waals surface area contributed by atoms with Crippen LogP contribution in [-0.2, 0) is 0 Å². The third-order valence-electron chi connectivity index (χ3n) is 7.26. The van der Waals surface area contributed by atoms with Crippen molar-refractivity contribution in [2.75, 3.05) is 37.2 Å². The van der Waals surface area contributed by atoms with Crippen LogP contribution >= 0.6 is 11.3 Å².